The number of imidazole rings is 1. The molecular formula is C14H16ClF3N2O. The van der Waals surface area contributed by atoms with E-state index in [4.69, 9.17) is 11.6 Å². The van der Waals surface area contributed by atoms with Gasteiger partial charge in [0.2, 0.25) is 0 Å². The largest absolute Gasteiger partial charge is 0.417 e. The van der Waals surface area contributed by atoms with Gasteiger partial charge >= 0.3 is 6.18 Å². The lowest BCUT2D eigenvalue weighted by Gasteiger charge is -2.14. The Labute approximate surface area is 125 Å². The summed E-state index contributed by atoms with van der Waals surface area (Å²) >= 11 is 5.94. The highest BCUT2D eigenvalue weighted by Gasteiger charge is 2.33. The van der Waals surface area contributed by atoms with Gasteiger partial charge in [-0.15, -0.1) is 0 Å². The zero-order valence-corrected chi connectivity index (χ0v) is 12.6. The average molecular weight is 321 g/mol. The number of aliphatic hydroxyl groups is 1. The monoisotopic (exact) mass is 320 g/mol. The summed E-state index contributed by atoms with van der Waals surface area (Å²) in [6.07, 6.45) is -4.08. The fourth-order valence-corrected chi connectivity index (χ4v) is 2.49. The molecule has 2 aromatic heterocycles. The lowest BCUT2D eigenvalue weighted by Crippen LogP contribution is -2.09. The molecule has 1 unspecified atom stereocenters. The molecule has 0 aliphatic heterocycles. The van der Waals surface area contributed by atoms with Crippen LogP contribution in [0.25, 0.3) is 5.65 Å². The predicted octanol–water partition coefficient (Wildman–Crippen LogP) is 4.57. The van der Waals surface area contributed by atoms with Crippen molar-refractivity contribution in [2.24, 2.45) is 0 Å². The molecule has 116 valence electrons. The van der Waals surface area contributed by atoms with Gasteiger partial charge in [-0.05, 0) is 18.4 Å². The van der Waals surface area contributed by atoms with Crippen molar-refractivity contribution in [3.05, 3.63) is 34.2 Å². The zero-order valence-electron chi connectivity index (χ0n) is 11.9. The highest BCUT2D eigenvalue weighted by Crippen LogP contribution is 2.35. The third kappa shape index (κ3) is 2.87. The topological polar surface area (TPSA) is 37.5 Å². The maximum absolute atomic E-state index is 12.9. The van der Waals surface area contributed by atoms with Crippen LogP contribution in [0.1, 0.15) is 56.2 Å². The van der Waals surface area contributed by atoms with E-state index in [1.54, 1.807) is 6.92 Å². The van der Waals surface area contributed by atoms with E-state index in [1.807, 2.05) is 13.8 Å². The number of hydrogen-bond donors (Lipinski definition) is 1. The third-order valence-electron chi connectivity index (χ3n) is 3.32. The summed E-state index contributed by atoms with van der Waals surface area (Å²) < 4.78 is 40.0. The van der Waals surface area contributed by atoms with E-state index in [1.165, 1.54) is 4.40 Å². The summed E-state index contributed by atoms with van der Waals surface area (Å²) in [5.41, 5.74) is 0.300. The van der Waals surface area contributed by atoms with Crippen LogP contribution in [0.15, 0.2) is 12.3 Å². The van der Waals surface area contributed by atoms with E-state index in [0.29, 0.717) is 17.8 Å². The number of rotatable bonds is 3. The number of aromatic nitrogens is 2. The molecule has 0 bridgehead atoms. The first-order chi connectivity index (χ1) is 9.66. The first kappa shape index (κ1) is 16.1. The lowest BCUT2D eigenvalue weighted by molar-refractivity contribution is -0.137. The minimum Gasteiger partial charge on any atom is -0.387 e. The van der Waals surface area contributed by atoms with Crippen LogP contribution in [-0.2, 0) is 6.18 Å². The molecule has 0 aromatic carbocycles. The van der Waals surface area contributed by atoms with Crippen LogP contribution < -0.4 is 0 Å². The van der Waals surface area contributed by atoms with Crippen molar-refractivity contribution in [2.45, 2.75) is 45.4 Å². The van der Waals surface area contributed by atoms with Gasteiger partial charge in [-0.3, -0.25) is 4.40 Å². The smallest absolute Gasteiger partial charge is 0.387 e. The molecule has 2 aromatic rings. The maximum Gasteiger partial charge on any atom is 0.417 e. The molecule has 0 amide bonds. The van der Waals surface area contributed by atoms with Gasteiger partial charge in [0.25, 0.3) is 0 Å². The van der Waals surface area contributed by atoms with Gasteiger partial charge < -0.3 is 5.11 Å². The standard InChI is InChI=1S/C14H16ClF3N2O/c1-4-10(21)12-11(7(2)3)19-13-9(15)5-8(6-20(12)13)14(16,17)18/h5-7,10,21H,4H2,1-3H3. The summed E-state index contributed by atoms with van der Waals surface area (Å²) in [6, 6.07) is 0.857. The molecule has 7 heteroatoms. The molecule has 0 radical (unpaired) electrons. The number of pyridine rings is 1. The Balaban J connectivity index is 2.82. The highest BCUT2D eigenvalue weighted by atomic mass is 35.5. The molecular weight excluding hydrogens is 305 g/mol. The minimum absolute atomic E-state index is 0.0356. The lowest BCUT2D eigenvalue weighted by atomic mass is 10.0. The quantitative estimate of drug-likeness (QED) is 0.899. The second-order valence-electron chi connectivity index (χ2n) is 5.23. The number of halogens is 4. The van der Waals surface area contributed by atoms with E-state index >= 15 is 0 Å². The molecule has 1 atom stereocenters. The van der Waals surface area contributed by atoms with Crippen molar-refractivity contribution in [2.75, 3.05) is 0 Å². The highest BCUT2D eigenvalue weighted by molar-refractivity contribution is 6.33. The van der Waals surface area contributed by atoms with Crippen LogP contribution in [0.2, 0.25) is 5.02 Å². The molecule has 2 rings (SSSR count). The van der Waals surface area contributed by atoms with Crippen molar-refractivity contribution in [3.8, 4) is 0 Å². The SMILES string of the molecule is CCC(O)c1c(C(C)C)nc2c(Cl)cc(C(F)(F)F)cn12. The molecule has 0 aliphatic carbocycles. The van der Waals surface area contributed by atoms with Gasteiger partial charge in [0.1, 0.15) is 0 Å². The Morgan fingerprint density at radius 3 is 2.48 bits per heavy atom. The zero-order chi connectivity index (χ0) is 15.9. The number of aliphatic hydroxyl groups excluding tert-OH is 1. The van der Waals surface area contributed by atoms with E-state index in [0.717, 1.165) is 12.3 Å². The summed E-state index contributed by atoms with van der Waals surface area (Å²) in [5.74, 6) is -0.0356. The molecule has 1 N–H and O–H groups in total. The summed E-state index contributed by atoms with van der Waals surface area (Å²) in [7, 11) is 0. The second-order valence-corrected chi connectivity index (χ2v) is 5.64. The molecule has 2 heterocycles. The summed E-state index contributed by atoms with van der Waals surface area (Å²) in [5, 5.41) is 10.1. The van der Waals surface area contributed by atoms with Crippen LogP contribution in [0, 0.1) is 0 Å². The van der Waals surface area contributed by atoms with Crippen molar-refractivity contribution in [1.82, 2.24) is 9.38 Å². The molecule has 0 fully saturated rings. The first-order valence-corrected chi connectivity index (χ1v) is 7.01. The van der Waals surface area contributed by atoms with Crippen LogP contribution in [-0.4, -0.2) is 14.5 Å². The fraction of sp³-hybridized carbons (Fsp3) is 0.500. The van der Waals surface area contributed by atoms with Crippen molar-refractivity contribution < 1.29 is 18.3 Å². The Bertz CT molecular complexity index is 664. The Morgan fingerprint density at radius 2 is 2.00 bits per heavy atom. The van der Waals surface area contributed by atoms with Gasteiger partial charge in [0.05, 0.1) is 28.1 Å². The van der Waals surface area contributed by atoms with Crippen LogP contribution >= 0.6 is 11.6 Å². The third-order valence-corrected chi connectivity index (χ3v) is 3.60. The van der Waals surface area contributed by atoms with Gasteiger partial charge in [-0.2, -0.15) is 13.2 Å². The summed E-state index contributed by atoms with van der Waals surface area (Å²) in [6.45, 7) is 5.49. The Morgan fingerprint density at radius 1 is 1.38 bits per heavy atom. The van der Waals surface area contributed by atoms with Crippen LogP contribution in [0.4, 0.5) is 13.2 Å². The van der Waals surface area contributed by atoms with Gasteiger partial charge in [-0.1, -0.05) is 32.4 Å². The van der Waals surface area contributed by atoms with Crippen molar-refractivity contribution >= 4 is 17.2 Å². The van der Waals surface area contributed by atoms with Gasteiger partial charge in [0.15, 0.2) is 5.65 Å². The fourth-order valence-electron chi connectivity index (χ4n) is 2.24. The Hall–Kier alpha value is -1.27. The number of nitrogens with zero attached hydrogens (tertiary/aromatic N) is 2. The summed E-state index contributed by atoms with van der Waals surface area (Å²) in [4.78, 5) is 4.31. The molecule has 0 saturated heterocycles. The van der Waals surface area contributed by atoms with Crippen molar-refractivity contribution in [1.29, 1.82) is 0 Å². The van der Waals surface area contributed by atoms with Crippen LogP contribution in [0.3, 0.4) is 0 Å². The second kappa shape index (κ2) is 5.50. The van der Waals surface area contributed by atoms with E-state index in [-0.39, 0.29) is 16.6 Å². The molecule has 0 saturated carbocycles. The molecule has 0 aliphatic rings. The number of hydrogen-bond acceptors (Lipinski definition) is 2. The van der Waals surface area contributed by atoms with E-state index in [9.17, 15) is 18.3 Å². The number of fused-ring (bicyclic) bond motifs is 1. The van der Waals surface area contributed by atoms with Gasteiger partial charge in [0, 0.05) is 6.20 Å². The molecule has 0 spiro atoms. The van der Waals surface area contributed by atoms with E-state index in [2.05, 4.69) is 4.98 Å². The van der Waals surface area contributed by atoms with Crippen molar-refractivity contribution in [3.63, 3.8) is 0 Å². The predicted molar refractivity (Wildman–Crippen MR) is 74.5 cm³/mol. The average Bonchev–Trinajstić information content (AvgIpc) is 2.77. The Kier molecular flexibility index (Phi) is 4.22. The minimum atomic E-state index is -4.51. The maximum atomic E-state index is 12.9. The van der Waals surface area contributed by atoms with E-state index < -0.39 is 17.8 Å². The molecule has 3 nitrogen and oxygen atoms in total. The number of alkyl halides is 3. The first-order valence-electron chi connectivity index (χ1n) is 6.63. The van der Waals surface area contributed by atoms with Gasteiger partial charge in [-0.25, -0.2) is 4.98 Å². The normalized spacial score (nSPS) is 14.1. The van der Waals surface area contributed by atoms with Crippen LogP contribution in [0.5, 0.6) is 0 Å². The molecule has 21 heavy (non-hydrogen) atoms.